The summed E-state index contributed by atoms with van der Waals surface area (Å²) in [4.78, 5) is 20.2. The second-order valence-electron chi connectivity index (χ2n) is 8.18. The number of sulfonamides is 1. The summed E-state index contributed by atoms with van der Waals surface area (Å²) in [5.74, 6) is 0.476. The first-order valence-corrected chi connectivity index (χ1v) is 12.4. The Morgan fingerprint density at radius 3 is 2.38 bits per heavy atom. The van der Waals surface area contributed by atoms with Gasteiger partial charge >= 0.3 is 0 Å². The average Bonchev–Trinajstić information content (AvgIpc) is 2.77. The number of nitrogen functional groups attached to an aromatic ring is 1. The van der Waals surface area contributed by atoms with Crippen molar-refractivity contribution < 1.29 is 13.2 Å². The van der Waals surface area contributed by atoms with Gasteiger partial charge in [-0.25, -0.2) is 13.4 Å². The summed E-state index contributed by atoms with van der Waals surface area (Å²) in [5, 5.41) is -0.0229. The maximum Gasteiger partial charge on any atom is 0.254 e. The summed E-state index contributed by atoms with van der Waals surface area (Å²) in [6.07, 6.45) is 2.31. The molecule has 174 valence electrons. The van der Waals surface area contributed by atoms with E-state index in [1.54, 1.807) is 43.7 Å². The number of amides is 1. The van der Waals surface area contributed by atoms with Crippen molar-refractivity contribution in [3.05, 3.63) is 41.0 Å². The molecule has 0 radical (unpaired) electrons. The molecule has 1 aromatic heterocycles. The number of carbonyl (C=O) groups excluding carboxylic acids is 1. The first-order valence-electron chi connectivity index (χ1n) is 10.6. The molecule has 1 atom stereocenters. The third-order valence-corrected chi connectivity index (χ3v) is 8.56. The van der Waals surface area contributed by atoms with Crippen molar-refractivity contribution in [2.24, 2.45) is 0 Å². The summed E-state index contributed by atoms with van der Waals surface area (Å²) in [6.45, 7) is 5.50. The van der Waals surface area contributed by atoms with E-state index in [9.17, 15) is 13.2 Å². The molecule has 3 rings (SSSR count). The lowest BCUT2D eigenvalue weighted by atomic mass is 10.0. The summed E-state index contributed by atoms with van der Waals surface area (Å²) >= 11 is 6.33. The third kappa shape index (κ3) is 4.84. The Morgan fingerprint density at radius 1 is 1.19 bits per heavy atom. The van der Waals surface area contributed by atoms with Crippen molar-refractivity contribution in [2.45, 2.75) is 25.5 Å². The van der Waals surface area contributed by atoms with Gasteiger partial charge in [-0.15, -0.1) is 0 Å². The lowest BCUT2D eigenvalue weighted by Gasteiger charge is -2.36. The minimum absolute atomic E-state index is 0.163. The zero-order valence-electron chi connectivity index (χ0n) is 18.9. The summed E-state index contributed by atoms with van der Waals surface area (Å²) in [6, 6.07) is 7.06. The highest BCUT2D eigenvalue weighted by molar-refractivity contribution is 7.89. The Kier molecular flexibility index (Phi) is 7.32. The smallest absolute Gasteiger partial charge is 0.254 e. The van der Waals surface area contributed by atoms with E-state index in [2.05, 4.69) is 4.98 Å². The molecule has 0 aliphatic carbocycles. The van der Waals surface area contributed by atoms with Crippen molar-refractivity contribution in [3.63, 3.8) is 0 Å². The topological polar surface area (TPSA) is 99.8 Å². The van der Waals surface area contributed by atoms with Gasteiger partial charge < -0.3 is 15.5 Å². The minimum Gasteiger partial charge on any atom is -0.396 e. The number of aromatic nitrogens is 1. The van der Waals surface area contributed by atoms with Crippen molar-refractivity contribution >= 4 is 39.0 Å². The van der Waals surface area contributed by atoms with E-state index in [1.165, 1.54) is 4.90 Å². The molecule has 1 unspecified atom stereocenters. The van der Waals surface area contributed by atoms with Crippen LogP contribution in [0.3, 0.4) is 0 Å². The molecular formula is C22H30ClN5O3S. The Morgan fingerprint density at radius 2 is 1.84 bits per heavy atom. The maximum atomic E-state index is 12.6. The molecule has 1 fully saturated rings. The van der Waals surface area contributed by atoms with Gasteiger partial charge in [0.05, 0.1) is 21.5 Å². The van der Waals surface area contributed by atoms with Gasteiger partial charge in [0.1, 0.15) is 0 Å². The highest BCUT2D eigenvalue weighted by atomic mass is 35.5. The van der Waals surface area contributed by atoms with Gasteiger partial charge in [0.2, 0.25) is 10.0 Å². The van der Waals surface area contributed by atoms with Crippen molar-refractivity contribution in [3.8, 4) is 11.1 Å². The fraction of sp³-hybridized carbons (Fsp3) is 0.455. The quantitative estimate of drug-likeness (QED) is 0.683. The Bertz CT molecular complexity index is 1100. The number of rotatable bonds is 6. The van der Waals surface area contributed by atoms with Crippen LogP contribution in [-0.4, -0.2) is 74.0 Å². The number of pyridine rings is 1. The highest BCUT2D eigenvalue weighted by Gasteiger charge is 2.31. The summed E-state index contributed by atoms with van der Waals surface area (Å²) in [5.41, 5.74) is 8.84. The van der Waals surface area contributed by atoms with E-state index in [-0.39, 0.29) is 11.2 Å². The number of nitrogens with two attached hydrogens (primary N) is 1. The third-order valence-electron chi connectivity index (χ3n) is 5.82. The maximum absolute atomic E-state index is 12.6. The lowest BCUT2D eigenvalue weighted by Crippen LogP contribution is -2.51. The Labute approximate surface area is 195 Å². The predicted octanol–water partition coefficient (Wildman–Crippen LogP) is 2.94. The number of halogens is 1. The van der Waals surface area contributed by atoms with Crippen molar-refractivity contribution in [2.75, 3.05) is 50.9 Å². The van der Waals surface area contributed by atoms with E-state index in [0.29, 0.717) is 54.7 Å². The van der Waals surface area contributed by atoms with Crippen LogP contribution in [0.15, 0.2) is 30.5 Å². The van der Waals surface area contributed by atoms with E-state index < -0.39 is 10.0 Å². The molecule has 2 heterocycles. The van der Waals surface area contributed by atoms with Crippen LogP contribution in [0.4, 0.5) is 11.5 Å². The molecule has 8 nitrogen and oxygen atoms in total. The molecule has 32 heavy (non-hydrogen) atoms. The fourth-order valence-corrected chi connectivity index (χ4v) is 5.49. The molecule has 2 aromatic rings. The minimum atomic E-state index is -3.27. The normalized spacial score (nSPS) is 16.1. The highest BCUT2D eigenvalue weighted by Crippen LogP contribution is 2.31. The Hall–Kier alpha value is -2.36. The fourth-order valence-electron chi connectivity index (χ4n) is 3.63. The van der Waals surface area contributed by atoms with Crippen LogP contribution in [0.5, 0.6) is 0 Å². The zero-order valence-corrected chi connectivity index (χ0v) is 20.4. The molecule has 0 spiro atoms. The average molecular weight is 480 g/mol. The monoisotopic (exact) mass is 479 g/mol. The van der Waals surface area contributed by atoms with Crippen LogP contribution < -0.4 is 10.6 Å². The van der Waals surface area contributed by atoms with E-state index in [1.807, 2.05) is 24.0 Å². The predicted molar refractivity (Wildman–Crippen MR) is 130 cm³/mol. The van der Waals surface area contributed by atoms with Crippen LogP contribution in [0, 0.1) is 0 Å². The van der Waals surface area contributed by atoms with Gasteiger partial charge in [0.15, 0.2) is 5.82 Å². The van der Waals surface area contributed by atoms with Crippen LogP contribution >= 0.6 is 11.6 Å². The number of hydrogen-bond donors (Lipinski definition) is 1. The SMILES string of the molecule is CCC(C)S(=O)(=O)N1CCN(c2ncc(-c3ccc(C(=O)N(C)C)c(Cl)c3)cc2N)CC1. The van der Waals surface area contributed by atoms with E-state index >= 15 is 0 Å². The van der Waals surface area contributed by atoms with Gasteiger partial charge in [-0.05, 0) is 37.1 Å². The molecule has 1 amide bonds. The number of piperazine rings is 1. The van der Waals surface area contributed by atoms with E-state index in [0.717, 1.165) is 11.1 Å². The molecule has 1 aliphatic rings. The molecular weight excluding hydrogens is 450 g/mol. The first kappa shape index (κ1) is 24.3. The molecule has 1 aromatic carbocycles. The van der Waals surface area contributed by atoms with E-state index in [4.69, 9.17) is 17.3 Å². The zero-order chi connectivity index (χ0) is 23.6. The van der Waals surface area contributed by atoms with Gasteiger partial charge in [-0.2, -0.15) is 4.31 Å². The van der Waals surface area contributed by atoms with Crippen molar-refractivity contribution in [1.29, 1.82) is 0 Å². The first-order chi connectivity index (χ1) is 15.1. The van der Waals surface area contributed by atoms with Gasteiger partial charge in [-0.1, -0.05) is 24.6 Å². The standard InChI is InChI=1S/C22H30ClN5O3S/c1-5-15(2)32(30,31)28-10-8-27(9-11-28)21-20(24)13-17(14-25-21)16-6-7-18(19(23)12-16)22(29)26(3)4/h6-7,12-15H,5,8-11,24H2,1-4H3. The Balaban J connectivity index is 1.76. The summed E-state index contributed by atoms with van der Waals surface area (Å²) < 4.78 is 26.7. The van der Waals surface area contributed by atoms with Crippen LogP contribution in [-0.2, 0) is 10.0 Å². The number of carbonyl (C=O) groups is 1. The van der Waals surface area contributed by atoms with Crippen molar-refractivity contribution in [1.82, 2.24) is 14.2 Å². The van der Waals surface area contributed by atoms with Gasteiger partial charge in [-0.3, -0.25) is 4.79 Å². The number of benzene rings is 1. The molecule has 1 saturated heterocycles. The van der Waals surface area contributed by atoms with Crippen LogP contribution in [0.25, 0.3) is 11.1 Å². The number of nitrogens with zero attached hydrogens (tertiary/aromatic N) is 4. The molecule has 0 saturated carbocycles. The largest absolute Gasteiger partial charge is 0.396 e. The van der Waals surface area contributed by atoms with Crippen LogP contribution in [0.2, 0.25) is 5.02 Å². The number of anilines is 2. The summed E-state index contributed by atoms with van der Waals surface area (Å²) in [7, 11) is 0.0779. The van der Waals surface area contributed by atoms with Crippen LogP contribution in [0.1, 0.15) is 30.6 Å². The second kappa shape index (κ2) is 9.64. The molecule has 1 aliphatic heterocycles. The number of hydrogen-bond acceptors (Lipinski definition) is 6. The molecule has 2 N–H and O–H groups in total. The molecule has 10 heteroatoms. The lowest BCUT2D eigenvalue weighted by molar-refractivity contribution is 0.0828. The van der Waals surface area contributed by atoms with Gasteiger partial charge in [0.25, 0.3) is 5.91 Å². The second-order valence-corrected chi connectivity index (χ2v) is 10.9. The van der Waals surface area contributed by atoms with Gasteiger partial charge in [0, 0.05) is 52.0 Å². The molecule has 0 bridgehead atoms.